The molecule has 0 saturated carbocycles. The normalized spacial score (nSPS) is 13.7. The molecule has 1 saturated heterocycles. The highest BCUT2D eigenvalue weighted by Gasteiger charge is 2.19. The Balaban J connectivity index is 1.60. The van der Waals surface area contributed by atoms with E-state index in [2.05, 4.69) is 11.4 Å². The Bertz CT molecular complexity index is 876. The second-order valence-corrected chi connectivity index (χ2v) is 8.05. The Morgan fingerprint density at radius 1 is 1.10 bits per heavy atom. The maximum absolute atomic E-state index is 12.7. The number of nitriles is 1. The van der Waals surface area contributed by atoms with Crippen LogP contribution in [0.1, 0.15) is 15.9 Å². The number of amides is 2. The smallest absolute Gasteiger partial charge is 0.253 e. The van der Waals surface area contributed by atoms with Gasteiger partial charge >= 0.3 is 0 Å². The topological polar surface area (TPSA) is 76.4 Å². The molecule has 1 fully saturated rings. The third-order valence-corrected chi connectivity index (χ3v) is 5.54. The van der Waals surface area contributed by atoms with Crippen molar-refractivity contribution in [1.29, 1.82) is 5.26 Å². The number of rotatable bonds is 7. The van der Waals surface area contributed by atoms with Gasteiger partial charge in [0.15, 0.2) is 0 Å². The summed E-state index contributed by atoms with van der Waals surface area (Å²) in [4.78, 5) is 28.8. The van der Waals surface area contributed by atoms with Gasteiger partial charge in [-0.05, 0) is 23.8 Å². The molecule has 2 aromatic carbocycles. The van der Waals surface area contributed by atoms with Crippen LogP contribution in [0.25, 0.3) is 0 Å². The van der Waals surface area contributed by atoms with Crippen molar-refractivity contribution in [3.63, 3.8) is 0 Å². The van der Waals surface area contributed by atoms with Gasteiger partial charge in [0.05, 0.1) is 19.2 Å². The summed E-state index contributed by atoms with van der Waals surface area (Å²) in [6.07, 6.45) is 0. The van der Waals surface area contributed by atoms with Crippen LogP contribution in [0.5, 0.6) is 0 Å². The third-order valence-electron chi connectivity index (χ3n) is 4.60. The van der Waals surface area contributed by atoms with Crippen LogP contribution in [-0.2, 0) is 11.3 Å². The lowest BCUT2D eigenvalue weighted by Gasteiger charge is -2.26. The molecule has 1 N–H and O–H groups in total. The van der Waals surface area contributed by atoms with Crippen LogP contribution in [0.15, 0.2) is 54.6 Å². The van der Waals surface area contributed by atoms with E-state index in [9.17, 15) is 9.59 Å². The highest BCUT2D eigenvalue weighted by molar-refractivity contribution is 7.99. The lowest BCUT2D eigenvalue weighted by Crippen LogP contribution is -2.38. The number of hydrogen-bond donors (Lipinski definition) is 1. The van der Waals surface area contributed by atoms with E-state index in [0.29, 0.717) is 17.8 Å². The lowest BCUT2D eigenvalue weighted by atomic mass is 10.1. The van der Waals surface area contributed by atoms with E-state index < -0.39 is 0 Å². The molecule has 0 spiro atoms. The summed E-state index contributed by atoms with van der Waals surface area (Å²) < 4.78 is 0. The van der Waals surface area contributed by atoms with Crippen LogP contribution in [0.3, 0.4) is 0 Å². The van der Waals surface area contributed by atoms with Gasteiger partial charge in [-0.15, -0.1) is 0 Å². The van der Waals surface area contributed by atoms with Crippen molar-refractivity contribution in [2.45, 2.75) is 6.54 Å². The maximum atomic E-state index is 12.7. The van der Waals surface area contributed by atoms with E-state index in [1.165, 1.54) is 0 Å². The predicted molar refractivity (Wildman–Crippen MR) is 116 cm³/mol. The van der Waals surface area contributed by atoms with Gasteiger partial charge in [-0.3, -0.25) is 14.5 Å². The molecule has 0 aromatic heterocycles. The van der Waals surface area contributed by atoms with Crippen LogP contribution in [0, 0.1) is 11.3 Å². The van der Waals surface area contributed by atoms with Crippen molar-refractivity contribution in [2.24, 2.45) is 0 Å². The summed E-state index contributed by atoms with van der Waals surface area (Å²) in [6.45, 7) is 2.29. The first-order chi connectivity index (χ1) is 14.2. The number of benzene rings is 2. The van der Waals surface area contributed by atoms with Gasteiger partial charge in [-0.1, -0.05) is 36.4 Å². The molecule has 0 bridgehead atoms. The lowest BCUT2D eigenvalue weighted by molar-refractivity contribution is -0.117. The summed E-state index contributed by atoms with van der Waals surface area (Å²) >= 11 is 1.85. The Kier molecular flexibility index (Phi) is 7.68. The molecule has 3 rings (SSSR count). The van der Waals surface area contributed by atoms with Crippen molar-refractivity contribution >= 4 is 29.3 Å². The number of thioether (sulfide) groups is 1. The quantitative estimate of drug-likeness (QED) is 0.713. The average molecular weight is 409 g/mol. The van der Waals surface area contributed by atoms with Crippen LogP contribution < -0.4 is 5.32 Å². The van der Waals surface area contributed by atoms with Gasteiger partial charge in [-0.25, -0.2) is 0 Å². The summed E-state index contributed by atoms with van der Waals surface area (Å²) in [6, 6.07) is 18.9. The second kappa shape index (κ2) is 10.6. The first-order valence-corrected chi connectivity index (χ1v) is 10.7. The highest BCUT2D eigenvalue weighted by Crippen LogP contribution is 2.16. The summed E-state index contributed by atoms with van der Waals surface area (Å²) in [5.41, 5.74) is 2.21. The number of carbonyl (C=O) groups excluding carboxylic acids is 2. The molecule has 29 heavy (non-hydrogen) atoms. The molecule has 1 heterocycles. The number of carbonyl (C=O) groups is 2. The van der Waals surface area contributed by atoms with E-state index in [-0.39, 0.29) is 24.9 Å². The molecule has 1 aliphatic heterocycles. The van der Waals surface area contributed by atoms with Crippen LogP contribution >= 0.6 is 11.8 Å². The SMILES string of the molecule is N#CCN(CC(=O)Nc1cccc(C(=O)N2CCSCC2)c1)Cc1ccccc1. The van der Waals surface area contributed by atoms with Gasteiger partial charge in [0, 0.05) is 42.4 Å². The van der Waals surface area contributed by atoms with Crippen molar-refractivity contribution in [1.82, 2.24) is 9.80 Å². The second-order valence-electron chi connectivity index (χ2n) is 6.82. The van der Waals surface area contributed by atoms with Crippen LogP contribution in [0.4, 0.5) is 5.69 Å². The molecule has 2 aromatic rings. The number of nitrogens with zero attached hydrogens (tertiary/aromatic N) is 3. The molecule has 2 amide bonds. The number of hydrogen-bond acceptors (Lipinski definition) is 5. The monoisotopic (exact) mass is 408 g/mol. The fourth-order valence-corrected chi connectivity index (χ4v) is 4.10. The molecule has 0 atom stereocenters. The molecule has 7 heteroatoms. The standard InChI is InChI=1S/C22H24N4O2S/c23-9-10-25(16-18-5-2-1-3-6-18)17-21(27)24-20-8-4-7-19(15-20)22(28)26-11-13-29-14-12-26/h1-8,15H,10-14,16-17H2,(H,24,27). The van der Waals surface area contributed by atoms with Crippen molar-refractivity contribution in [3.05, 3.63) is 65.7 Å². The number of nitrogens with one attached hydrogen (secondary N) is 1. The number of anilines is 1. The molecule has 0 radical (unpaired) electrons. The summed E-state index contributed by atoms with van der Waals surface area (Å²) in [7, 11) is 0. The molecular weight excluding hydrogens is 384 g/mol. The van der Waals surface area contributed by atoms with E-state index in [1.54, 1.807) is 29.2 Å². The van der Waals surface area contributed by atoms with Crippen molar-refractivity contribution in [2.75, 3.05) is 43.0 Å². The Hall–Kier alpha value is -2.82. The van der Waals surface area contributed by atoms with Gasteiger partial charge in [0.2, 0.25) is 5.91 Å². The highest BCUT2D eigenvalue weighted by atomic mass is 32.2. The van der Waals surface area contributed by atoms with E-state index in [0.717, 1.165) is 30.2 Å². The maximum Gasteiger partial charge on any atom is 0.253 e. The fraction of sp³-hybridized carbons (Fsp3) is 0.318. The van der Waals surface area contributed by atoms with E-state index >= 15 is 0 Å². The zero-order valence-electron chi connectivity index (χ0n) is 16.2. The largest absolute Gasteiger partial charge is 0.337 e. The zero-order chi connectivity index (χ0) is 20.5. The van der Waals surface area contributed by atoms with Gasteiger partial charge in [0.25, 0.3) is 5.91 Å². The Morgan fingerprint density at radius 2 is 1.86 bits per heavy atom. The van der Waals surface area contributed by atoms with Gasteiger partial charge in [0.1, 0.15) is 0 Å². The first kappa shape index (κ1) is 20.9. The van der Waals surface area contributed by atoms with Crippen LogP contribution in [0.2, 0.25) is 0 Å². The van der Waals surface area contributed by atoms with Crippen molar-refractivity contribution < 1.29 is 9.59 Å². The fourth-order valence-electron chi connectivity index (χ4n) is 3.19. The minimum atomic E-state index is -0.213. The predicted octanol–water partition coefficient (Wildman–Crippen LogP) is 2.84. The van der Waals surface area contributed by atoms with Gasteiger partial charge in [-0.2, -0.15) is 17.0 Å². The van der Waals surface area contributed by atoms with Crippen LogP contribution in [-0.4, -0.2) is 59.3 Å². The Morgan fingerprint density at radius 3 is 2.59 bits per heavy atom. The van der Waals surface area contributed by atoms with E-state index in [1.807, 2.05) is 47.0 Å². The Labute approximate surface area is 175 Å². The summed E-state index contributed by atoms with van der Waals surface area (Å²) in [5.74, 6) is 1.70. The molecule has 6 nitrogen and oxygen atoms in total. The van der Waals surface area contributed by atoms with Gasteiger partial charge < -0.3 is 10.2 Å². The first-order valence-electron chi connectivity index (χ1n) is 9.56. The van der Waals surface area contributed by atoms with Crippen molar-refractivity contribution in [3.8, 4) is 6.07 Å². The molecular formula is C22H24N4O2S. The average Bonchev–Trinajstić information content (AvgIpc) is 2.75. The third kappa shape index (κ3) is 6.34. The minimum absolute atomic E-state index is 0.00316. The summed E-state index contributed by atoms with van der Waals surface area (Å²) in [5, 5.41) is 11.9. The molecule has 0 unspecified atom stereocenters. The molecule has 0 aliphatic carbocycles. The minimum Gasteiger partial charge on any atom is -0.337 e. The van der Waals surface area contributed by atoms with E-state index in [4.69, 9.17) is 5.26 Å². The zero-order valence-corrected chi connectivity index (χ0v) is 17.0. The molecule has 150 valence electrons. The molecule has 1 aliphatic rings.